The van der Waals surface area contributed by atoms with E-state index in [-0.39, 0.29) is 26.7 Å². The van der Waals surface area contributed by atoms with Crippen LogP contribution in [0.4, 0.5) is 0 Å². The number of hydrogen-bond donors (Lipinski definition) is 2. The number of nitrogens with zero attached hydrogens (tertiary/aromatic N) is 1. The molecule has 3 heterocycles. The minimum Gasteiger partial charge on any atom is -0.477 e. The van der Waals surface area contributed by atoms with Gasteiger partial charge in [0.05, 0.1) is 10.3 Å². The van der Waals surface area contributed by atoms with Crippen LogP contribution in [-0.2, 0) is 0 Å². The Bertz CT molecular complexity index is 922. The second kappa shape index (κ2) is 4.90. The Morgan fingerprint density at radius 1 is 1.38 bits per heavy atom. The lowest BCUT2D eigenvalue weighted by Crippen LogP contribution is -2.15. The minimum atomic E-state index is -1.11. The van der Waals surface area contributed by atoms with Gasteiger partial charge >= 0.3 is 5.97 Å². The quantitative estimate of drug-likeness (QED) is 0.721. The normalized spacial score (nSPS) is 10.9. The highest BCUT2D eigenvalue weighted by atomic mass is 32.1. The highest BCUT2D eigenvalue weighted by Gasteiger charge is 2.21. The number of aromatic carboxylic acids is 1. The second-order valence-electron chi connectivity index (χ2n) is 4.26. The maximum absolute atomic E-state index is 12.2. The van der Waals surface area contributed by atoms with Gasteiger partial charge in [-0.05, 0) is 23.9 Å². The largest absolute Gasteiger partial charge is 0.477 e. The molecule has 0 bridgehead atoms. The highest BCUT2D eigenvalue weighted by molar-refractivity contribution is 7.20. The molecule has 6 nitrogen and oxygen atoms in total. The van der Waals surface area contributed by atoms with E-state index in [0.29, 0.717) is 10.4 Å². The summed E-state index contributed by atoms with van der Waals surface area (Å²) in [5.74, 6) is -1.57. The van der Waals surface area contributed by atoms with Gasteiger partial charge in [-0.2, -0.15) is 0 Å². The van der Waals surface area contributed by atoms with E-state index >= 15 is 0 Å². The zero-order valence-corrected chi connectivity index (χ0v) is 12.3. The Hall–Kier alpha value is -2.32. The monoisotopic (exact) mass is 320 g/mol. The van der Waals surface area contributed by atoms with Gasteiger partial charge in [0.1, 0.15) is 9.71 Å². The number of nitrogens with one attached hydrogen (secondary N) is 1. The fourth-order valence-corrected chi connectivity index (χ4v) is 3.67. The topological polar surface area (TPSA) is 100 Å². The Morgan fingerprint density at radius 2 is 2.14 bits per heavy atom. The van der Waals surface area contributed by atoms with Crippen molar-refractivity contribution < 1.29 is 14.7 Å². The van der Waals surface area contributed by atoms with E-state index in [2.05, 4.69) is 9.97 Å². The summed E-state index contributed by atoms with van der Waals surface area (Å²) in [4.78, 5) is 42.7. The van der Waals surface area contributed by atoms with E-state index in [1.807, 2.05) is 0 Å². The number of rotatable bonds is 3. The van der Waals surface area contributed by atoms with Crippen molar-refractivity contribution >= 4 is 44.6 Å². The van der Waals surface area contributed by atoms with Gasteiger partial charge in [0.25, 0.3) is 5.56 Å². The summed E-state index contributed by atoms with van der Waals surface area (Å²) < 4.78 is 0. The second-order valence-corrected chi connectivity index (χ2v) is 6.21. The third-order valence-corrected chi connectivity index (χ3v) is 5.00. The molecule has 0 fully saturated rings. The number of hydrogen-bond acceptors (Lipinski definition) is 6. The molecule has 0 aliphatic rings. The fraction of sp³-hybridized carbons (Fsp3) is 0.0769. The molecule has 0 saturated carbocycles. The van der Waals surface area contributed by atoms with E-state index in [1.165, 1.54) is 11.3 Å². The van der Waals surface area contributed by atoms with Gasteiger partial charge in [-0.3, -0.25) is 9.59 Å². The number of carbonyl (C=O) groups excluding carboxylic acids is 1. The molecule has 8 heteroatoms. The first kappa shape index (κ1) is 13.7. The van der Waals surface area contributed by atoms with Crippen LogP contribution in [0.1, 0.15) is 30.7 Å². The van der Waals surface area contributed by atoms with E-state index in [9.17, 15) is 14.4 Å². The molecule has 0 spiro atoms. The molecule has 0 radical (unpaired) electrons. The molecule has 0 aliphatic heterocycles. The zero-order valence-electron chi connectivity index (χ0n) is 10.7. The molecular formula is C13H8N2O4S2. The molecule has 3 rings (SSSR count). The van der Waals surface area contributed by atoms with Crippen LogP contribution in [0.5, 0.6) is 0 Å². The predicted octanol–water partition coefficient (Wildman–Crippen LogP) is 2.28. The van der Waals surface area contributed by atoms with Crippen molar-refractivity contribution in [3.63, 3.8) is 0 Å². The summed E-state index contributed by atoms with van der Waals surface area (Å²) >= 11 is 2.14. The number of aromatic amines is 1. The highest BCUT2D eigenvalue weighted by Crippen LogP contribution is 2.27. The fourth-order valence-electron chi connectivity index (χ4n) is 1.98. The van der Waals surface area contributed by atoms with Gasteiger partial charge in [0, 0.05) is 0 Å². The summed E-state index contributed by atoms with van der Waals surface area (Å²) in [6.07, 6.45) is 0. The first-order valence-electron chi connectivity index (χ1n) is 5.84. The smallest absolute Gasteiger partial charge is 0.346 e. The van der Waals surface area contributed by atoms with Gasteiger partial charge in [-0.25, -0.2) is 9.78 Å². The van der Waals surface area contributed by atoms with Crippen LogP contribution in [0.3, 0.4) is 0 Å². The Morgan fingerprint density at radius 3 is 2.76 bits per heavy atom. The van der Waals surface area contributed by atoms with E-state index in [1.54, 1.807) is 24.4 Å². The summed E-state index contributed by atoms with van der Waals surface area (Å²) in [5.41, 5.74) is -0.132. The summed E-state index contributed by atoms with van der Waals surface area (Å²) in [6.45, 7) is 1.56. The van der Waals surface area contributed by atoms with E-state index in [0.717, 1.165) is 11.3 Å². The van der Waals surface area contributed by atoms with E-state index < -0.39 is 11.5 Å². The molecule has 3 aromatic heterocycles. The van der Waals surface area contributed by atoms with Crippen molar-refractivity contribution in [2.45, 2.75) is 6.92 Å². The number of carboxylic acids is 1. The van der Waals surface area contributed by atoms with Gasteiger partial charge < -0.3 is 10.1 Å². The summed E-state index contributed by atoms with van der Waals surface area (Å²) in [5, 5.41) is 11.1. The Kier molecular flexibility index (Phi) is 3.19. The molecule has 0 aromatic carbocycles. The minimum absolute atomic E-state index is 0.0590. The van der Waals surface area contributed by atoms with Crippen molar-refractivity contribution in [2.24, 2.45) is 0 Å². The van der Waals surface area contributed by atoms with Crippen molar-refractivity contribution in [1.82, 2.24) is 9.97 Å². The summed E-state index contributed by atoms with van der Waals surface area (Å²) in [7, 11) is 0. The number of aryl methyl sites for hydroxylation is 1. The van der Waals surface area contributed by atoms with Crippen LogP contribution in [0.2, 0.25) is 0 Å². The molecule has 0 atom stereocenters. The number of ketones is 1. The SMILES string of the molecule is Cc1c(C(=O)O)sc2nc(C(=O)c3cccs3)[nH]c(=O)c12. The van der Waals surface area contributed by atoms with Crippen LogP contribution >= 0.6 is 22.7 Å². The number of thiophene rings is 2. The number of fused-ring (bicyclic) bond motifs is 1. The molecule has 0 saturated heterocycles. The van der Waals surface area contributed by atoms with Crippen molar-refractivity contribution in [1.29, 1.82) is 0 Å². The van der Waals surface area contributed by atoms with Crippen molar-refractivity contribution in [3.05, 3.63) is 49.0 Å². The lowest BCUT2D eigenvalue weighted by atomic mass is 10.2. The third-order valence-electron chi connectivity index (χ3n) is 2.95. The van der Waals surface area contributed by atoms with Crippen LogP contribution in [0.15, 0.2) is 22.3 Å². The lowest BCUT2D eigenvalue weighted by molar-refractivity contribution is 0.0701. The summed E-state index contributed by atoms with van der Waals surface area (Å²) in [6, 6.07) is 3.37. The van der Waals surface area contributed by atoms with Gasteiger partial charge in [0.2, 0.25) is 5.78 Å². The Balaban J connectivity index is 2.22. The molecule has 21 heavy (non-hydrogen) atoms. The Labute approximate surface area is 125 Å². The number of carbonyl (C=O) groups is 2. The maximum Gasteiger partial charge on any atom is 0.346 e. The third kappa shape index (κ3) is 2.18. The molecular weight excluding hydrogens is 312 g/mol. The number of H-pyrrole nitrogens is 1. The average Bonchev–Trinajstić information content (AvgIpc) is 3.06. The number of aromatic nitrogens is 2. The van der Waals surface area contributed by atoms with Gasteiger partial charge in [-0.15, -0.1) is 22.7 Å². The predicted molar refractivity (Wildman–Crippen MR) is 79.7 cm³/mol. The average molecular weight is 320 g/mol. The van der Waals surface area contributed by atoms with Crippen LogP contribution in [-0.4, -0.2) is 26.8 Å². The van der Waals surface area contributed by atoms with E-state index in [4.69, 9.17) is 5.11 Å². The van der Waals surface area contributed by atoms with Crippen molar-refractivity contribution in [2.75, 3.05) is 0 Å². The van der Waals surface area contributed by atoms with Crippen LogP contribution in [0.25, 0.3) is 10.2 Å². The maximum atomic E-state index is 12.2. The first-order valence-corrected chi connectivity index (χ1v) is 7.53. The molecule has 0 unspecified atom stereocenters. The molecule has 3 aromatic rings. The molecule has 2 N–H and O–H groups in total. The van der Waals surface area contributed by atoms with Gasteiger partial charge in [-0.1, -0.05) is 6.07 Å². The van der Waals surface area contributed by atoms with Crippen LogP contribution in [0, 0.1) is 6.92 Å². The standard InChI is InChI=1S/C13H8N2O4S2/c1-5-7-11(17)14-10(8(16)6-3-2-4-20-6)15-12(7)21-9(5)13(18)19/h2-4H,1H3,(H,18,19)(H,14,15,17). The van der Waals surface area contributed by atoms with Crippen LogP contribution < -0.4 is 5.56 Å². The van der Waals surface area contributed by atoms with Gasteiger partial charge in [0.15, 0.2) is 5.82 Å². The lowest BCUT2D eigenvalue weighted by Gasteiger charge is -1.98. The molecule has 106 valence electrons. The number of carboxylic acid groups (broad SMARTS) is 1. The zero-order chi connectivity index (χ0) is 15.1. The van der Waals surface area contributed by atoms with Crippen molar-refractivity contribution in [3.8, 4) is 0 Å². The first-order chi connectivity index (χ1) is 9.99. The molecule has 0 amide bonds. The molecule has 0 aliphatic carbocycles.